The normalized spacial score (nSPS) is 11.1. The Morgan fingerprint density at radius 2 is 2.00 bits per heavy atom. The summed E-state index contributed by atoms with van der Waals surface area (Å²) in [5.74, 6) is -0.249. The Hall–Kier alpha value is -3.28. The Morgan fingerprint density at radius 1 is 1.17 bits per heavy atom. The van der Waals surface area contributed by atoms with Gasteiger partial charge in [0.25, 0.3) is 5.91 Å². The lowest BCUT2D eigenvalue weighted by atomic mass is 10.2. The molecule has 1 aromatic carbocycles. The molecule has 0 atom stereocenters. The summed E-state index contributed by atoms with van der Waals surface area (Å²) < 4.78 is 1.67. The summed E-state index contributed by atoms with van der Waals surface area (Å²) in [6.07, 6.45) is 3.25. The van der Waals surface area contributed by atoms with E-state index >= 15 is 0 Å². The SMILES string of the molecule is Cc1cc(C)n2ncc(C(=O)Nc3cccc4cccnc34)c2n1. The summed E-state index contributed by atoms with van der Waals surface area (Å²) in [4.78, 5) is 21.5. The number of nitrogens with zero attached hydrogens (tertiary/aromatic N) is 4. The number of hydrogen-bond acceptors (Lipinski definition) is 4. The van der Waals surface area contributed by atoms with Gasteiger partial charge in [-0.15, -0.1) is 0 Å². The summed E-state index contributed by atoms with van der Waals surface area (Å²) in [5, 5.41) is 8.16. The zero-order chi connectivity index (χ0) is 16.7. The van der Waals surface area contributed by atoms with Crippen LogP contribution in [0, 0.1) is 13.8 Å². The third-order valence-corrected chi connectivity index (χ3v) is 3.90. The summed E-state index contributed by atoms with van der Waals surface area (Å²) in [6, 6.07) is 11.4. The summed E-state index contributed by atoms with van der Waals surface area (Å²) in [6.45, 7) is 3.83. The number of carbonyl (C=O) groups is 1. The zero-order valence-electron chi connectivity index (χ0n) is 13.3. The lowest BCUT2D eigenvalue weighted by molar-refractivity contribution is 0.102. The molecule has 0 saturated heterocycles. The van der Waals surface area contributed by atoms with E-state index in [1.807, 2.05) is 50.2 Å². The van der Waals surface area contributed by atoms with Gasteiger partial charge in [0.1, 0.15) is 5.56 Å². The third kappa shape index (κ3) is 2.28. The molecule has 3 aromatic heterocycles. The third-order valence-electron chi connectivity index (χ3n) is 3.90. The second-order valence-electron chi connectivity index (χ2n) is 5.67. The van der Waals surface area contributed by atoms with Crippen molar-refractivity contribution >= 4 is 28.1 Å². The van der Waals surface area contributed by atoms with Crippen molar-refractivity contribution in [3.05, 3.63) is 65.7 Å². The van der Waals surface area contributed by atoms with E-state index in [0.29, 0.717) is 16.9 Å². The highest BCUT2D eigenvalue weighted by molar-refractivity contribution is 6.11. The molecule has 6 nitrogen and oxygen atoms in total. The number of para-hydroxylation sites is 1. The number of benzene rings is 1. The van der Waals surface area contributed by atoms with E-state index in [-0.39, 0.29) is 5.91 Å². The number of carbonyl (C=O) groups excluding carboxylic acids is 1. The first-order valence-electron chi connectivity index (χ1n) is 7.60. The van der Waals surface area contributed by atoms with Crippen molar-refractivity contribution in [1.29, 1.82) is 0 Å². The van der Waals surface area contributed by atoms with Crippen molar-refractivity contribution in [2.24, 2.45) is 0 Å². The van der Waals surface area contributed by atoms with E-state index in [4.69, 9.17) is 0 Å². The molecule has 0 unspecified atom stereocenters. The van der Waals surface area contributed by atoms with Crippen LogP contribution in [0.3, 0.4) is 0 Å². The molecule has 1 amide bonds. The van der Waals surface area contributed by atoms with Crippen LogP contribution in [0.25, 0.3) is 16.6 Å². The quantitative estimate of drug-likeness (QED) is 0.616. The first-order valence-corrected chi connectivity index (χ1v) is 7.60. The number of pyridine rings is 1. The van der Waals surface area contributed by atoms with Crippen molar-refractivity contribution < 1.29 is 4.79 Å². The average molecular weight is 317 g/mol. The number of anilines is 1. The summed E-state index contributed by atoms with van der Waals surface area (Å²) in [7, 11) is 0. The Kier molecular flexibility index (Phi) is 3.23. The fraction of sp³-hybridized carbons (Fsp3) is 0.111. The van der Waals surface area contributed by atoms with Gasteiger partial charge in [-0.05, 0) is 32.0 Å². The lowest BCUT2D eigenvalue weighted by Crippen LogP contribution is -2.13. The number of rotatable bonds is 2. The van der Waals surface area contributed by atoms with Crippen molar-refractivity contribution in [3.8, 4) is 0 Å². The van der Waals surface area contributed by atoms with Crippen LogP contribution in [0.1, 0.15) is 21.7 Å². The number of aryl methyl sites for hydroxylation is 2. The van der Waals surface area contributed by atoms with Crippen LogP contribution in [0.4, 0.5) is 5.69 Å². The average Bonchev–Trinajstić information content (AvgIpc) is 2.99. The molecule has 4 aromatic rings. The Bertz CT molecular complexity index is 1080. The smallest absolute Gasteiger partial charge is 0.261 e. The van der Waals surface area contributed by atoms with Gasteiger partial charge in [0.15, 0.2) is 5.65 Å². The molecule has 0 aliphatic heterocycles. The number of fused-ring (bicyclic) bond motifs is 2. The van der Waals surface area contributed by atoms with E-state index in [0.717, 1.165) is 22.3 Å². The number of aromatic nitrogens is 4. The number of hydrogen-bond donors (Lipinski definition) is 1. The zero-order valence-corrected chi connectivity index (χ0v) is 13.3. The van der Waals surface area contributed by atoms with Crippen LogP contribution in [-0.4, -0.2) is 25.5 Å². The fourth-order valence-corrected chi connectivity index (χ4v) is 2.83. The summed E-state index contributed by atoms with van der Waals surface area (Å²) in [5.41, 5.74) is 4.20. The van der Waals surface area contributed by atoms with Crippen LogP contribution in [0.15, 0.2) is 48.8 Å². The first-order chi connectivity index (χ1) is 11.6. The molecule has 0 aliphatic carbocycles. The maximum Gasteiger partial charge on any atom is 0.261 e. The second-order valence-corrected chi connectivity index (χ2v) is 5.67. The van der Waals surface area contributed by atoms with Gasteiger partial charge < -0.3 is 5.32 Å². The standard InChI is InChI=1S/C18H15N5O/c1-11-9-12(2)23-17(21-11)14(10-20-23)18(24)22-15-7-3-5-13-6-4-8-19-16(13)15/h3-10H,1-2H3,(H,22,24). The lowest BCUT2D eigenvalue weighted by Gasteiger charge is -2.07. The van der Waals surface area contributed by atoms with E-state index in [9.17, 15) is 4.79 Å². The Balaban J connectivity index is 1.77. The predicted octanol–water partition coefficient (Wildman–Crippen LogP) is 3.15. The van der Waals surface area contributed by atoms with Gasteiger partial charge in [0, 0.05) is 23.0 Å². The Morgan fingerprint density at radius 3 is 2.88 bits per heavy atom. The molecule has 0 radical (unpaired) electrons. The molecule has 3 heterocycles. The van der Waals surface area contributed by atoms with Crippen LogP contribution in [0.5, 0.6) is 0 Å². The summed E-state index contributed by atoms with van der Waals surface area (Å²) >= 11 is 0. The Labute approximate surface area is 138 Å². The highest BCUT2D eigenvalue weighted by Crippen LogP contribution is 2.22. The first kappa shape index (κ1) is 14.3. The van der Waals surface area contributed by atoms with Gasteiger partial charge in [0.05, 0.1) is 17.4 Å². The number of nitrogens with one attached hydrogen (secondary N) is 1. The molecule has 6 heteroatoms. The molecule has 24 heavy (non-hydrogen) atoms. The van der Waals surface area contributed by atoms with Crippen molar-refractivity contribution in [3.63, 3.8) is 0 Å². The molecular formula is C18H15N5O. The second kappa shape index (κ2) is 5.42. The van der Waals surface area contributed by atoms with Gasteiger partial charge in [-0.3, -0.25) is 9.78 Å². The maximum atomic E-state index is 12.7. The van der Waals surface area contributed by atoms with Gasteiger partial charge in [-0.2, -0.15) is 5.10 Å². The topological polar surface area (TPSA) is 72.2 Å². The molecule has 0 bridgehead atoms. The molecule has 4 rings (SSSR count). The van der Waals surface area contributed by atoms with Crippen LogP contribution in [-0.2, 0) is 0 Å². The van der Waals surface area contributed by atoms with Gasteiger partial charge in [-0.1, -0.05) is 18.2 Å². The molecule has 1 N–H and O–H groups in total. The van der Waals surface area contributed by atoms with E-state index in [2.05, 4.69) is 20.4 Å². The monoisotopic (exact) mass is 317 g/mol. The van der Waals surface area contributed by atoms with Crippen LogP contribution in [0.2, 0.25) is 0 Å². The van der Waals surface area contributed by atoms with E-state index in [1.54, 1.807) is 16.9 Å². The highest BCUT2D eigenvalue weighted by atomic mass is 16.1. The highest BCUT2D eigenvalue weighted by Gasteiger charge is 2.16. The molecule has 0 saturated carbocycles. The van der Waals surface area contributed by atoms with Crippen molar-refractivity contribution in [1.82, 2.24) is 19.6 Å². The van der Waals surface area contributed by atoms with Crippen molar-refractivity contribution in [2.45, 2.75) is 13.8 Å². The van der Waals surface area contributed by atoms with E-state index in [1.165, 1.54) is 0 Å². The minimum Gasteiger partial charge on any atom is -0.320 e. The van der Waals surface area contributed by atoms with Crippen molar-refractivity contribution in [2.75, 3.05) is 5.32 Å². The van der Waals surface area contributed by atoms with Gasteiger partial charge in [-0.25, -0.2) is 9.50 Å². The maximum absolute atomic E-state index is 12.7. The number of amides is 1. The van der Waals surface area contributed by atoms with Crippen LogP contribution >= 0.6 is 0 Å². The molecule has 0 aliphatic rings. The largest absolute Gasteiger partial charge is 0.320 e. The van der Waals surface area contributed by atoms with Crippen LogP contribution < -0.4 is 5.32 Å². The minimum absolute atomic E-state index is 0.249. The molecule has 0 spiro atoms. The minimum atomic E-state index is -0.249. The predicted molar refractivity (Wildman–Crippen MR) is 92.2 cm³/mol. The molecule has 0 fully saturated rings. The van der Waals surface area contributed by atoms with E-state index < -0.39 is 0 Å². The van der Waals surface area contributed by atoms with Gasteiger partial charge >= 0.3 is 0 Å². The fourth-order valence-electron chi connectivity index (χ4n) is 2.83. The van der Waals surface area contributed by atoms with Gasteiger partial charge in [0.2, 0.25) is 0 Å². The molecular weight excluding hydrogens is 302 g/mol. The molecule has 118 valence electrons.